The fraction of sp³-hybridized carbons (Fsp3) is 0.500. The van der Waals surface area contributed by atoms with Crippen LogP contribution in [0, 0.1) is 10.1 Å². The van der Waals surface area contributed by atoms with Crippen LogP contribution in [0.4, 0.5) is 0 Å². The Kier molecular flexibility index (Phi) is 4.43. The molecule has 0 saturated carbocycles. The second-order valence-electron chi connectivity index (χ2n) is 1.71. The summed E-state index contributed by atoms with van der Waals surface area (Å²) in [6.07, 6.45) is 0.770. The molecular weight excluding hydrogens is 166 g/mol. The van der Waals surface area contributed by atoms with E-state index in [-0.39, 0.29) is 6.61 Å². The number of methoxy groups -OCH3 is 1. The molecule has 0 amide bonds. The zero-order chi connectivity index (χ0) is 9.56. The summed E-state index contributed by atoms with van der Waals surface area (Å²) in [6.45, 7) is 1.90. The first-order chi connectivity index (χ1) is 5.63. The van der Waals surface area contributed by atoms with Gasteiger partial charge in [-0.2, -0.15) is 0 Å². The first-order valence-corrected chi connectivity index (χ1v) is 3.18. The average Bonchev–Trinajstić information content (AvgIpc) is 2.04. The van der Waals surface area contributed by atoms with Crippen LogP contribution in [0.1, 0.15) is 6.92 Å². The standard InChI is InChI=1S/C6H9NO5/c1-3-12-4-5(7(9)10)6(8)11-2/h4H,3H2,1-2H3/b5-4-. The molecule has 0 saturated heterocycles. The van der Waals surface area contributed by atoms with Crippen LogP contribution in [0.25, 0.3) is 0 Å². The maximum Gasteiger partial charge on any atom is 0.413 e. The predicted octanol–water partition coefficient (Wildman–Crippen LogP) is 0.314. The molecule has 0 fully saturated rings. The van der Waals surface area contributed by atoms with Crippen molar-refractivity contribution >= 4 is 5.97 Å². The highest BCUT2D eigenvalue weighted by Gasteiger charge is 2.22. The fourth-order valence-electron chi connectivity index (χ4n) is 0.433. The molecule has 0 bridgehead atoms. The molecule has 0 radical (unpaired) electrons. The third-order valence-electron chi connectivity index (χ3n) is 0.953. The first kappa shape index (κ1) is 10.4. The lowest BCUT2D eigenvalue weighted by Crippen LogP contribution is -2.13. The Morgan fingerprint density at radius 2 is 2.25 bits per heavy atom. The van der Waals surface area contributed by atoms with Gasteiger partial charge in [0.25, 0.3) is 0 Å². The van der Waals surface area contributed by atoms with Gasteiger partial charge in [-0.15, -0.1) is 0 Å². The van der Waals surface area contributed by atoms with Crippen molar-refractivity contribution < 1.29 is 19.2 Å². The minimum atomic E-state index is -1.02. The molecule has 6 nitrogen and oxygen atoms in total. The maximum absolute atomic E-state index is 10.6. The molecule has 0 rings (SSSR count). The molecule has 0 aromatic rings. The average molecular weight is 175 g/mol. The van der Waals surface area contributed by atoms with Crippen LogP contribution in [0.3, 0.4) is 0 Å². The molecule has 0 aromatic heterocycles. The summed E-state index contributed by atoms with van der Waals surface area (Å²) in [5, 5.41) is 10.2. The van der Waals surface area contributed by atoms with E-state index in [1.54, 1.807) is 6.92 Å². The molecular formula is C6H9NO5. The third-order valence-corrected chi connectivity index (χ3v) is 0.953. The van der Waals surface area contributed by atoms with Crippen molar-refractivity contribution in [2.24, 2.45) is 0 Å². The van der Waals surface area contributed by atoms with E-state index in [0.717, 1.165) is 13.4 Å². The second-order valence-corrected chi connectivity index (χ2v) is 1.71. The van der Waals surface area contributed by atoms with Gasteiger partial charge in [0, 0.05) is 0 Å². The molecule has 0 aromatic carbocycles. The highest BCUT2D eigenvalue weighted by atomic mass is 16.6. The Bertz CT molecular complexity index is 210. The number of hydrogen-bond acceptors (Lipinski definition) is 5. The molecule has 0 aliphatic heterocycles. The molecule has 0 heterocycles. The Labute approximate surface area is 68.9 Å². The molecule has 0 atom stereocenters. The van der Waals surface area contributed by atoms with Crippen LogP contribution < -0.4 is 0 Å². The van der Waals surface area contributed by atoms with Gasteiger partial charge in [0.2, 0.25) is 0 Å². The molecule has 0 aliphatic carbocycles. The van der Waals surface area contributed by atoms with E-state index < -0.39 is 16.6 Å². The van der Waals surface area contributed by atoms with Crippen molar-refractivity contribution in [2.45, 2.75) is 6.92 Å². The van der Waals surface area contributed by atoms with Gasteiger partial charge in [-0.05, 0) is 6.92 Å². The maximum atomic E-state index is 10.6. The Hall–Kier alpha value is -1.59. The van der Waals surface area contributed by atoms with Crippen molar-refractivity contribution in [2.75, 3.05) is 13.7 Å². The van der Waals surface area contributed by atoms with Crippen LogP contribution in [0.15, 0.2) is 12.0 Å². The zero-order valence-electron chi connectivity index (χ0n) is 6.77. The van der Waals surface area contributed by atoms with E-state index in [1.807, 2.05) is 0 Å². The molecule has 0 N–H and O–H groups in total. The van der Waals surface area contributed by atoms with Gasteiger partial charge in [-0.25, -0.2) is 4.79 Å². The Balaban J connectivity index is 4.43. The summed E-state index contributed by atoms with van der Waals surface area (Å²) in [5.41, 5.74) is -0.709. The summed E-state index contributed by atoms with van der Waals surface area (Å²) >= 11 is 0. The van der Waals surface area contributed by atoms with E-state index in [1.165, 1.54) is 0 Å². The second kappa shape index (κ2) is 5.11. The van der Waals surface area contributed by atoms with Gasteiger partial charge in [-0.3, -0.25) is 10.1 Å². The van der Waals surface area contributed by atoms with Crippen LogP contribution in [0.2, 0.25) is 0 Å². The highest BCUT2D eigenvalue weighted by molar-refractivity contribution is 5.85. The fourth-order valence-corrected chi connectivity index (χ4v) is 0.433. The number of carbonyl (C=O) groups is 1. The van der Waals surface area contributed by atoms with E-state index in [4.69, 9.17) is 0 Å². The lowest BCUT2D eigenvalue weighted by Gasteiger charge is -1.96. The SMILES string of the molecule is CCO/C=C(/C(=O)OC)[N+](=O)[O-]. The van der Waals surface area contributed by atoms with Crippen molar-refractivity contribution in [1.82, 2.24) is 0 Å². The van der Waals surface area contributed by atoms with Gasteiger partial charge < -0.3 is 9.47 Å². The van der Waals surface area contributed by atoms with Crippen LogP contribution in [-0.4, -0.2) is 24.6 Å². The number of nitro groups is 1. The molecule has 0 aliphatic rings. The summed E-state index contributed by atoms with van der Waals surface area (Å²) in [5.74, 6) is -1.02. The van der Waals surface area contributed by atoms with E-state index in [9.17, 15) is 14.9 Å². The van der Waals surface area contributed by atoms with Crippen molar-refractivity contribution in [1.29, 1.82) is 0 Å². The van der Waals surface area contributed by atoms with Gasteiger partial charge in [-0.1, -0.05) is 0 Å². The Morgan fingerprint density at radius 3 is 2.58 bits per heavy atom. The summed E-state index contributed by atoms with van der Waals surface area (Å²) in [6, 6.07) is 0. The largest absolute Gasteiger partial charge is 0.494 e. The normalized spacial score (nSPS) is 10.7. The monoisotopic (exact) mass is 175 g/mol. The minimum Gasteiger partial charge on any atom is -0.494 e. The summed E-state index contributed by atoms with van der Waals surface area (Å²) < 4.78 is 8.72. The number of rotatable bonds is 4. The van der Waals surface area contributed by atoms with E-state index in [2.05, 4.69) is 9.47 Å². The van der Waals surface area contributed by atoms with Crippen molar-refractivity contribution in [3.05, 3.63) is 22.1 Å². The lowest BCUT2D eigenvalue weighted by molar-refractivity contribution is -0.422. The van der Waals surface area contributed by atoms with Gasteiger partial charge in [0.1, 0.15) is 0 Å². The highest BCUT2D eigenvalue weighted by Crippen LogP contribution is 1.98. The topological polar surface area (TPSA) is 78.7 Å². The minimum absolute atomic E-state index is 0.258. The quantitative estimate of drug-likeness (QED) is 0.202. The Morgan fingerprint density at radius 1 is 1.67 bits per heavy atom. The smallest absolute Gasteiger partial charge is 0.413 e. The van der Waals surface area contributed by atoms with Gasteiger partial charge in [0.05, 0.1) is 18.6 Å². The third kappa shape index (κ3) is 3.00. The number of carbonyl (C=O) groups excluding carboxylic acids is 1. The van der Waals surface area contributed by atoms with Crippen LogP contribution >= 0.6 is 0 Å². The predicted molar refractivity (Wildman–Crippen MR) is 38.7 cm³/mol. The van der Waals surface area contributed by atoms with E-state index in [0.29, 0.717) is 0 Å². The molecule has 6 heteroatoms. The summed E-state index contributed by atoms with van der Waals surface area (Å²) in [7, 11) is 1.06. The van der Waals surface area contributed by atoms with Gasteiger partial charge >= 0.3 is 11.7 Å². The van der Waals surface area contributed by atoms with Crippen molar-refractivity contribution in [3.8, 4) is 0 Å². The zero-order valence-corrected chi connectivity index (χ0v) is 6.77. The van der Waals surface area contributed by atoms with Crippen molar-refractivity contribution in [3.63, 3.8) is 0 Å². The molecule has 0 unspecified atom stereocenters. The number of esters is 1. The lowest BCUT2D eigenvalue weighted by atomic mass is 10.5. The van der Waals surface area contributed by atoms with E-state index >= 15 is 0 Å². The molecule has 68 valence electrons. The molecule has 12 heavy (non-hydrogen) atoms. The molecule has 0 spiro atoms. The number of nitrogens with zero attached hydrogens (tertiary/aromatic N) is 1. The van der Waals surface area contributed by atoms with Crippen LogP contribution in [-0.2, 0) is 14.3 Å². The number of ether oxygens (including phenoxy) is 2. The first-order valence-electron chi connectivity index (χ1n) is 3.18. The van der Waals surface area contributed by atoms with Crippen LogP contribution in [0.5, 0.6) is 0 Å². The van der Waals surface area contributed by atoms with Gasteiger partial charge in [0.15, 0.2) is 6.26 Å². The summed E-state index contributed by atoms with van der Waals surface area (Å²) in [4.78, 5) is 19.9. The number of hydrogen-bond donors (Lipinski definition) is 0.